The third kappa shape index (κ3) is 24.9. The Balaban J connectivity index is 1.96. The molecule has 0 saturated carbocycles. The monoisotopic (exact) mass is 622 g/mol. The Morgan fingerprint density at radius 1 is 0.795 bits per heavy atom. The molecule has 0 bridgehead atoms. The van der Waals surface area contributed by atoms with Crippen molar-refractivity contribution in [3.8, 4) is 0 Å². The van der Waals surface area contributed by atoms with E-state index in [4.69, 9.17) is 9.47 Å². The van der Waals surface area contributed by atoms with Crippen molar-refractivity contribution in [2.45, 2.75) is 174 Å². The van der Waals surface area contributed by atoms with Crippen LogP contribution in [0.2, 0.25) is 0 Å². The van der Waals surface area contributed by atoms with Crippen LogP contribution >= 0.6 is 0 Å². The van der Waals surface area contributed by atoms with Crippen LogP contribution in [0.15, 0.2) is 24.0 Å². The molecule has 6 nitrogen and oxygen atoms in total. The van der Waals surface area contributed by atoms with E-state index in [1.807, 2.05) is 6.08 Å². The maximum atomic E-state index is 11.9. The number of aliphatic hydroxyl groups excluding tert-OH is 2. The fraction of sp³-hybridized carbons (Fsp3) is 0.868. The average molecular weight is 622 g/mol. The SMILES string of the molecule is CCCCCCCCCOC(=O)CCCCCCCN(CCO)CCCCCCCC(O)OC1=CC=CC(CCCCC)C1. The summed E-state index contributed by atoms with van der Waals surface area (Å²) >= 11 is 0. The van der Waals surface area contributed by atoms with E-state index in [1.54, 1.807) is 0 Å². The maximum absolute atomic E-state index is 11.9. The summed E-state index contributed by atoms with van der Waals surface area (Å²) in [5, 5.41) is 19.8. The van der Waals surface area contributed by atoms with Gasteiger partial charge in [0.25, 0.3) is 0 Å². The van der Waals surface area contributed by atoms with Gasteiger partial charge in [-0.05, 0) is 63.6 Å². The molecule has 2 unspecified atom stereocenters. The Bertz CT molecular complexity index is 709. The molecule has 0 spiro atoms. The van der Waals surface area contributed by atoms with Gasteiger partial charge >= 0.3 is 5.97 Å². The van der Waals surface area contributed by atoms with Gasteiger partial charge in [0.2, 0.25) is 0 Å². The van der Waals surface area contributed by atoms with E-state index in [-0.39, 0.29) is 12.6 Å². The summed E-state index contributed by atoms with van der Waals surface area (Å²) in [6.07, 6.45) is 32.6. The highest BCUT2D eigenvalue weighted by Gasteiger charge is 2.15. The fourth-order valence-electron chi connectivity index (χ4n) is 6.00. The first-order valence-corrected chi connectivity index (χ1v) is 18.8. The van der Waals surface area contributed by atoms with E-state index in [0.29, 0.717) is 25.4 Å². The number of allylic oxidation sites excluding steroid dienone is 4. The lowest BCUT2D eigenvalue weighted by Gasteiger charge is -2.22. The largest absolute Gasteiger partial charge is 0.469 e. The van der Waals surface area contributed by atoms with Gasteiger partial charge < -0.3 is 24.6 Å². The van der Waals surface area contributed by atoms with Gasteiger partial charge in [-0.1, -0.05) is 122 Å². The van der Waals surface area contributed by atoms with E-state index in [9.17, 15) is 15.0 Å². The van der Waals surface area contributed by atoms with Crippen LogP contribution in [0.3, 0.4) is 0 Å². The Kier molecular flexibility index (Phi) is 28.0. The number of ether oxygens (including phenoxy) is 2. The lowest BCUT2D eigenvalue weighted by atomic mass is 9.93. The molecule has 1 rings (SSSR count). The number of hydrogen-bond donors (Lipinski definition) is 2. The zero-order valence-electron chi connectivity index (χ0n) is 29.0. The average Bonchev–Trinajstić information content (AvgIpc) is 3.01. The summed E-state index contributed by atoms with van der Waals surface area (Å²) in [5.74, 6) is 1.45. The molecule has 0 aliphatic heterocycles. The van der Waals surface area contributed by atoms with Gasteiger partial charge in [0.05, 0.1) is 13.2 Å². The molecule has 44 heavy (non-hydrogen) atoms. The van der Waals surface area contributed by atoms with Gasteiger partial charge in [-0.25, -0.2) is 0 Å². The molecule has 2 atom stereocenters. The molecule has 0 aromatic carbocycles. The molecule has 258 valence electrons. The predicted molar refractivity (Wildman–Crippen MR) is 184 cm³/mol. The molecule has 1 aliphatic carbocycles. The summed E-state index contributed by atoms with van der Waals surface area (Å²) < 4.78 is 11.2. The fourth-order valence-corrected chi connectivity index (χ4v) is 6.00. The quantitative estimate of drug-likeness (QED) is 0.0442. The minimum Gasteiger partial charge on any atom is -0.469 e. The first kappa shape index (κ1) is 40.7. The van der Waals surface area contributed by atoms with Crippen molar-refractivity contribution in [1.82, 2.24) is 4.90 Å². The molecule has 0 saturated heterocycles. The van der Waals surface area contributed by atoms with Crippen LogP contribution in [0.4, 0.5) is 0 Å². The number of nitrogens with zero attached hydrogens (tertiary/aromatic N) is 1. The van der Waals surface area contributed by atoms with E-state index in [1.165, 1.54) is 83.5 Å². The Hall–Kier alpha value is -1.37. The summed E-state index contributed by atoms with van der Waals surface area (Å²) in [7, 11) is 0. The van der Waals surface area contributed by atoms with Crippen LogP contribution in [-0.2, 0) is 14.3 Å². The summed E-state index contributed by atoms with van der Waals surface area (Å²) in [6, 6.07) is 0. The minimum absolute atomic E-state index is 0.0319. The molecule has 0 aromatic heterocycles. The predicted octanol–water partition coefficient (Wildman–Crippen LogP) is 9.63. The normalized spacial score (nSPS) is 15.5. The second-order valence-electron chi connectivity index (χ2n) is 13.0. The number of hydrogen-bond acceptors (Lipinski definition) is 6. The van der Waals surface area contributed by atoms with E-state index in [0.717, 1.165) is 83.2 Å². The Morgan fingerprint density at radius 3 is 2.07 bits per heavy atom. The lowest BCUT2D eigenvalue weighted by molar-refractivity contribution is -0.143. The van der Waals surface area contributed by atoms with Gasteiger partial charge in [-0.3, -0.25) is 4.79 Å². The minimum atomic E-state index is -0.697. The molecule has 2 N–H and O–H groups in total. The second-order valence-corrected chi connectivity index (χ2v) is 13.0. The number of rotatable bonds is 32. The van der Waals surface area contributed by atoms with Crippen molar-refractivity contribution in [2.75, 3.05) is 32.8 Å². The zero-order valence-corrected chi connectivity index (χ0v) is 29.0. The van der Waals surface area contributed by atoms with Crippen molar-refractivity contribution < 1.29 is 24.5 Å². The molecule has 0 radical (unpaired) electrons. The van der Waals surface area contributed by atoms with Crippen LogP contribution in [0, 0.1) is 5.92 Å². The summed E-state index contributed by atoms with van der Waals surface area (Å²) in [6.45, 7) is 8.10. The highest BCUT2D eigenvalue weighted by molar-refractivity contribution is 5.69. The highest BCUT2D eigenvalue weighted by atomic mass is 16.6. The van der Waals surface area contributed by atoms with Crippen molar-refractivity contribution >= 4 is 5.97 Å². The van der Waals surface area contributed by atoms with Crippen LogP contribution in [0.5, 0.6) is 0 Å². The van der Waals surface area contributed by atoms with Gasteiger partial charge in [-0.15, -0.1) is 0 Å². The molecule has 0 amide bonds. The third-order valence-corrected chi connectivity index (χ3v) is 8.80. The van der Waals surface area contributed by atoms with Crippen LogP contribution in [0.25, 0.3) is 0 Å². The molecule has 6 heteroatoms. The first-order valence-electron chi connectivity index (χ1n) is 18.8. The van der Waals surface area contributed by atoms with Crippen molar-refractivity contribution in [3.63, 3.8) is 0 Å². The van der Waals surface area contributed by atoms with Crippen LogP contribution in [0.1, 0.15) is 168 Å². The van der Waals surface area contributed by atoms with Gasteiger partial charge in [-0.2, -0.15) is 0 Å². The molecular weight excluding hydrogens is 550 g/mol. The molecular formula is C38H71NO5. The molecule has 0 heterocycles. The number of carbonyl (C=O) groups excluding carboxylic acids is 1. The van der Waals surface area contributed by atoms with Gasteiger partial charge in [0, 0.05) is 25.8 Å². The van der Waals surface area contributed by atoms with Crippen molar-refractivity contribution in [1.29, 1.82) is 0 Å². The zero-order chi connectivity index (χ0) is 31.9. The highest BCUT2D eigenvalue weighted by Crippen LogP contribution is 2.26. The van der Waals surface area contributed by atoms with Crippen molar-refractivity contribution in [3.05, 3.63) is 24.0 Å². The van der Waals surface area contributed by atoms with Crippen LogP contribution in [-0.4, -0.2) is 60.2 Å². The van der Waals surface area contributed by atoms with Crippen LogP contribution < -0.4 is 0 Å². The molecule has 0 aromatic rings. The standard InChI is InChI=1S/C38H71NO5/c1-3-5-7-8-9-16-22-33-43-37(41)27-18-12-10-14-20-29-39(31-32-40)30-21-15-11-13-19-28-38(42)44-36-26-23-25-35(34-36)24-17-6-4-2/h23,25-26,35,38,40,42H,3-22,24,27-34H2,1-2H3. The van der Waals surface area contributed by atoms with Crippen molar-refractivity contribution in [2.24, 2.45) is 5.92 Å². The second kappa shape index (κ2) is 30.3. The Labute approximate surface area is 272 Å². The number of esters is 1. The number of carbonyl (C=O) groups is 1. The van der Waals surface area contributed by atoms with E-state index >= 15 is 0 Å². The van der Waals surface area contributed by atoms with E-state index < -0.39 is 6.29 Å². The van der Waals surface area contributed by atoms with Gasteiger partial charge in [0.15, 0.2) is 6.29 Å². The number of unbranched alkanes of at least 4 members (excludes halogenated alkanes) is 16. The lowest BCUT2D eigenvalue weighted by Crippen LogP contribution is -2.29. The first-order chi connectivity index (χ1) is 21.6. The maximum Gasteiger partial charge on any atom is 0.305 e. The molecule has 0 fully saturated rings. The van der Waals surface area contributed by atoms with E-state index in [2.05, 4.69) is 30.9 Å². The topological polar surface area (TPSA) is 79.2 Å². The third-order valence-electron chi connectivity index (χ3n) is 8.80. The van der Waals surface area contributed by atoms with Gasteiger partial charge in [0.1, 0.15) is 5.76 Å². The number of aliphatic hydroxyl groups is 2. The summed E-state index contributed by atoms with van der Waals surface area (Å²) in [5.41, 5.74) is 0. The molecule has 1 aliphatic rings. The smallest absolute Gasteiger partial charge is 0.305 e. The Morgan fingerprint density at radius 2 is 1.39 bits per heavy atom. The summed E-state index contributed by atoms with van der Waals surface area (Å²) in [4.78, 5) is 14.3.